The van der Waals surface area contributed by atoms with E-state index in [2.05, 4.69) is 44.2 Å². The van der Waals surface area contributed by atoms with Crippen LogP contribution in [0.25, 0.3) is 0 Å². The average Bonchev–Trinajstić information content (AvgIpc) is 3.10. The Labute approximate surface area is 112 Å². The van der Waals surface area contributed by atoms with Crippen LogP contribution < -0.4 is 0 Å². The molecular formula is C16H18OS. The number of hydrogen-bond donors (Lipinski definition) is 1. The van der Waals surface area contributed by atoms with E-state index in [1.54, 1.807) is 11.3 Å². The predicted molar refractivity (Wildman–Crippen MR) is 76.0 cm³/mol. The molecule has 1 nitrogen and oxygen atoms in total. The summed E-state index contributed by atoms with van der Waals surface area (Å²) in [7, 11) is 0. The average molecular weight is 258 g/mol. The molecule has 1 aliphatic carbocycles. The molecule has 3 unspecified atom stereocenters. The van der Waals surface area contributed by atoms with E-state index < -0.39 is 0 Å². The Morgan fingerprint density at radius 1 is 1.22 bits per heavy atom. The highest BCUT2D eigenvalue weighted by Gasteiger charge is 2.44. The van der Waals surface area contributed by atoms with Gasteiger partial charge in [0.1, 0.15) is 0 Å². The third kappa shape index (κ3) is 2.11. The monoisotopic (exact) mass is 258 g/mol. The fourth-order valence-corrected chi connectivity index (χ4v) is 3.79. The van der Waals surface area contributed by atoms with Gasteiger partial charge in [-0.15, -0.1) is 11.3 Å². The van der Waals surface area contributed by atoms with Crippen LogP contribution in [-0.4, -0.2) is 5.11 Å². The van der Waals surface area contributed by atoms with Crippen molar-refractivity contribution in [3.05, 3.63) is 57.3 Å². The van der Waals surface area contributed by atoms with Gasteiger partial charge in [-0.25, -0.2) is 0 Å². The van der Waals surface area contributed by atoms with Gasteiger partial charge in [0.2, 0.25) is 0 Å². The molecule has 0 saturated heterocycles. The molecule has 2 aromatic rings. The third-order valence-corrected chi connectivity index (χ3v) is 4.85. The van der Waals surface area contributed by atoms with Crippen molar-refractivity contribution >= 4 is 11.3 Å². The SMILES string of the molecule is Cc1cc(C(O)C2CC2c2ccccc2)c(C)s1. The first kappa shape index (κ1) is 11.9. The van der Waals surface area contributed by atoms with Crippen LogP contribution in [-0.2, 0) is 0 Å². The summed E-state index contributed by atoms with van der Waals surface area (Å²) >= 11 is 1.78. The van der Waals surface area contributed by atoms with Crippen LogP contribution in [0.1, 0.15) is 39.3 Å². The van der Waals surface area contributed by atoms with Crippen LogP contribution in [0.2, 0.25) is 0 Å². The Morgan fingerprint density at radius 2 is 1.94 bits per heavy atom. The Balaban J connectivity index is 1.77. The van der Waals surface area contributed by atoms with E-state index in [0.717, 1.165) is 12.0 Å². The zero-order valence-corrected chi connectivity index (χ0v) is 11.6. The zero-order chi connectivity index (χ0) is 12.7. The number of aliphatic hydroxyl groups excluding tert-OH is 1. The number of aliphatic hydroxyl groups is 1. The highest BCUT2D eigenvalue weighted by Crippen LogP contribution is 2.54. The van der Waals surface area contributed by atoms with Crippen LogP contribution >= 0.6 is 11.3 Å². The molecule has 3 atom stereocenters. The summed E-state index contributed by atoms with van der Waals surface area (Å²) < 4.78 is 0. The Hall–Kier alpha value is -1.12. The summed E-state index contributed by atoms with van der Waals surface area (Å²) in [5.41, 5.74) is 2.51. The lowest BCUT2D eigenvalue weighted by atomic mass is 10.0. The molecule has 1 fully saturated rings. The van der Waals surface area contributed by atoms with E-state index in [1.807, 2.05) is 6.07 Å². The quantitative estimate of drug-likeness (QED) is 0.874. The van der Waals surface area contributed by atoms with Crippen molar-refractivity contribution in [3.63, 3.8) is 0 Å². The molecule has 0 spiro atoms. The molecule has 1 aromatic carbocycles. The molecule has 0 aliphatic heterocycles. The molecule has 0 bridgehead atoms. The Morgan fingerprint density at radius 3 is 2.56 bits per heavy atom. The minimum absolute atomic E-state index is 0.292. The van der Waals surface area contributed by atoms with Gasteiger partial charge in [0.15, 0.2) is 0 Å². The van der Waals surface area contributed by atoms with Crippen LogP contribution in [0.3, 0.4) is 0 Å². The minimum Gasteiger partial charge on any atom is -0.388 e. The lowest BCUT2D eigenvalue weighted by molar-refractivity contribution is 0.151. The van der Waals surface area contributed by atoms with Gasteiger partial charge in [-0.05, 0) is 49.3 Å². The van der Waals surface area contributed by atoms with E-state index in [4.69, 9.17) is 0 Å². The predicted octanol–water partition coefficient (Wildman–Crippen LogP) is 4.20. The van der Waals surface area contributed by atoms with E-state index in [-0.39, 0.29) is 6.10 Å². The maximum atomic E-state index is 10.5. The number of benzene rings is 1. The van der Waals surface area contributed by atoms with Crippen molar-refractivity contribution in [1.29, 1.82) is 0 Å². The summed E-state index contributed by atoms with van der Waals surface area (Å²) in [6.45, 7) is 4.21. The summed E-state index contributed by atoms with van der Waals surface area (Å²) in [4.78, 5) is 2.55. The maximum Gasteiger partial charge on any atom is 0.0834 e. The van der Waals surface area contributed by atoms with Crippen LogP contribution in [0.15, 0.2) is 36.4 Å². The first-order valence-corrected chi connectivity index (χ1v) is 7.28. The van der Waals surface area contributed by atoms with E-state index in [0.29, 0.717) is 11.8 Å². The molecule has 2 heteroatoms. The number of aryl methyl sites for hydroxylation is 2. The van der Waals surface area contributed by atoms with E-state index in [9.17, 15) is 5.11 Å². The standard InChI is InChI=1S/C16H18OS/c1-10-8-13(11(2)18-10)16(17)15-9-14(15)12-6-4-3-5-7-12/h3-8,14-17H,9H2,1-2H3. The second kappa shape index (κ2) is 4.52. The van der Waals surface area contributed by atoms with Crippen LogP contribution in [0, 0.1) is 19.8 Å². The lowest BCUT2D eigenvalue weighted by Gasteiger charge is -2.10. The molecule has 1 heterocycles. The second-order valence-corrected chi connectivity index (χ2v) is 6.69. The first-order chi connectivity index (χ1) is 8.66. The molecule has 1 N–H and O–H groups in total. The van der Waals surface area contributed by atoms with Gasteiger partial charge in [-0.1, -0.05) is 30.3 Å². The highest BCUT2D eigenvalue weighted by atomic mass is 32.1. The van der Waals surface area contributed by atoms with Gasteiger partial charge in [-0.3, -0.25) is 0 Å². The summed E-state index contributed by atoms with van der Waals surface area (Å²) in [6, 6.07) is 12.7. The van der Waals surface area contributed by atoms with Gasteiger partial charge in [0, 0.05) is 9.75 Å². The molecule has 1 aromatic heterocycles. The van der Waals surface area contributed by atoms with E-state index in [1.165, 1.54) is 15.3 Å². The fraction of sp³-hybridized carbons (Fsp3) is 0.375. The van der Waals surface area contributed by atoms with Gasteiger partial charge in [0.05, 0.1) is 6.10 Å². The third-order valence-electron chi connectivity index (χ3n) is 3.87. The number of thiophene rings is 1. The molecule has 18 heavy (non-hydrogen) atoms. The molecule has 1 aliphatic rings. The van der Waals surface area contributed by atoms with Crippen LogP contribution in [0.4, 0.5) is 0 Å². The molecule has 94 valence electrons. The second-order valence-electron chi connectivity index (χ2n) is 5.23. The summed E-state index contributed by atoms with van der Waals surface area (Å²) in [6.07, 6.45) is 0.819. The lowest BCUT2D eigenvalue weighted by Crippen LogP contribution is -2.01. The smallest absolute Gasteiger partial charge is 0.0834 e. The van der Waals surface area contributed by atoms with E-state index >= 15 is 0 Å². The number of hydrogen-bond acceptors (Lipinski definition) is 2. The van der Waals surface area contributed by atoms with Crippen molar-refractivity contribution in [2.75, 3.05) is 0 Å². The highest BCUT2D eigenvalue weighted by molar-refractivity contribution is 7.12. The van der Waals surface area contributed by atoms with Crippen molar-refractivity contribution in [2.24, 2.45) is 5.92 Å². The largest absolute Gasteiger partial charge is 0.388 e. The van der Waals surface area contributed by atoms with Gasteiger partial charge in [0.25, 0.3) is 0 Å². The van der Waals surface area contributed by atoms with Crippen molar-refractivity contribution < 1.29 is 5.11 Å². The normalized spacial score (nSPS) is 23.9. The van der Waals surface area contributed by atoms with Gasteiger partial charge < -0.3 is 5.11 Å². The van der Waals surface area contributed by atoms with Crippen molar-refractivity contribution in [3.8, 4) is 0 Å². The fourth-order valence-electron chi connectivity index (χ4n) is 2.82. The first-order valence-electron chi connectivity index (χ1n) is 6.46. The zero-order valence-electron chi connectivity index (χ0n) is 10.8. The molecule has 1 saturated carbocycles. The maximum absolute atomic E-state index is 10.5. The van der Waals surface area contributed by atoms with Gasteiger partial charge in [-0.2, -0.15) is 0 Å². The minimum atomic E-state index is -0.292. The van der Waals surface area contributed by atoms with Crippen molar-refractivity contribution in [2.45, 2.75) is 32.3 Å². The van der Waals surface area contributed by atoms with Crippen LogP contribution in [0.5, 0.6) is 0 Å². The Bertz CT molecular complexity index is 543. The molecule has 3 rings (SSSR count). The molecule has 0 amide bonds. The van der Waals surface area contributed by atoms with Crippen molar-refractivity contribution in [1.82, 2.24) is 0 Å². The topological polar surface area (TPSA) is 20.2 Å². The molecular weight excluding hydrogens is 240 g/mol. The number of rotatable bonds is 3. The Kier molecular flexibility index (Phi) is 3.00. The summed E-state index contributed by atoms with van der Waals surface area (Å²) in [5.74, 6) is 0.945. The summed E-state index contributed by atoms with van der Waals surface area (Å²) in [5, 5.41) is 10.5. The molecule has 0 radical (unpaired) electrons. The van der Waals surface area contributed by atoms with Gasteiger partial charge >= 0.3 is 0 Å².